The van der Waals surface area contributed by atoms with Gasteiger partial charge in [-0.3, -0.25) is 9.59 Å². The van der Waals surface area contributed by atoms with Gasteiger partial charge in [0.2, 0.25) is 5.91 Å². The summed E-state index contributed by atoms with van der Waals surface area (Å²) in [7, 11) is 0. The number of nitrogens with one attached hydrogen (secondary N) is 1. The molecule has 1 saturated carbocycles. The van der Waals surface area contributed by atoms with Crippen molar-refractivity contribution >= 4 is 39.9 Å². The van der Waals surface area contributed by atoms with E-state index in [1.807, 2.05) is 18.2 Å². The highest BCUT2D eigenvalue weighted by Gasteiger charge is 2.31. The van der Waals surface area contributed by atoms with E-state index < -0.39 is 5.91 Å². The van der Waals surface area contributed by atoms with Gasteiger partial charge in [-0.25, -0.2) is 0 Å². The summed E-state index contributed by atoms with van der Waals surface area (Å²) in [4.78, 5) is 26.1. The Hall–Kier alpha value is -2.65. The minimum atomic E-state index is -0.471. The van der Waals surface area contributed by atoms with Crippen LogP contribution in [-0.4, -0.2) is 32.3 Å². The zero-order valence-corrected chi connectivity index (χ0v) is 20.2. The van der Waals surface area contributed by atoms with Crippen molar-refractivity contribution < 1.29 is 9.59 Å². The molecular formula is C24H27N5O2S2. The maximum atomic E-state index is 12.8. The fourth-order valence-corrected chi connectivity index (χ4v) is 6.53. The number of aromatic nitrogens is 3. The fourth-order valence-electron chi connectivity index (χ4n) is 4.36. The second-order valence-electron chi connectivity index (χ2n) is 8.94. The number of anilines is 1. The summed E-state index contributed by atoms with van der Waals surface area (Å²) in [6.07, 6.45) is 5.07. The molecule has 0 saturated heterocycles. The molecule has 7 nitrogen and oxygen atoms in total. The van der Waals surface area contributed by atoms with E-state index in [4.69, 9.17) is 5.73 Å². The Morgan fingerprint density at radius 3 is 2.73 bits per heavy atom. The van der Waals surface area contributed by atoms with Gasteiger partial charge in [0.05, 0.1) is 17.9 Å². The number of carbonyl (C=O) groups excluding carboxylic acids is 2. The molecular weight excluding hydrogens is 454 g/mol. The summed E-state index contributed by atoms with van der Waals surface area (Å²) in [5.74, 6) is 1.58. The number of carbonyl (C=O) groups is 2. The van der Waals surface area contributed by atoms with Gasteiger partial charge >= 0.3 is 0 Å². The number of amides is 2. The van der Waals surface area contributed by atoms with Crippen molar-refractivity contribution in [3.8, 4) is 0 Å². The van der Waals surface area contributed by atoms with Crippen LogP contribution in [0.5, 0.6) is 0 Å². The number of primary amides is 1. The number of nitrogens with two attached hydrogens (primary N) is 1. The highest BCUT2D eigenvalue weighted by molar-refractivity contribution is 7.99. The molecule has 1 atom stereocenters. The molecule has 33 heavy (non-hydrogen) atoms. The van der Waals surface area contributed by atoms with Crippen LogP contribution in [-0.2, 0) is 24.2 Å². The quantitative estimate of drug-likeness (QED) is 0.469. The maximum absolute atomic E-state index is 12.8. The van der Waals surface area contributed by atoms with E-state index in [0.717, 1.165) is 48.6 Å². The molecule has 1 unspecified atom stereocenters. The van der Waals surface area contributed by atoms with Crippen molar-refractivity contribution in [2.75, 3.05) is 11.1 Å². The van der Waals surface area contributed by atoms with Crippen LogP contribution in [0.2, 0.25) is 0 Å². The number of fused-ring (bicyclic) bond motifs is 1. The first-order chi connectivity index (χ1) is 16.0. The monoisotopic (exact) mass is 481 g/mol. The second-order valence-corrected chi connectivity index (χ2v) is 11.0. The van der Waals surface area contributed by atoms with Crippen LogP contribution >= 0.6 is 23.1 Å². The van der Waals surface area contributed by atoms with E-state index in [0.29, 0.717) is 28.9 Å². The van der Waals surface area contributed by atoms with Gasteiger partial charge in [-0.15, -0.1) is 21.5 Å². The Kier molecular flexibility index (Phi) is 6.25. The lowest BCUT2D eigenvalue weighted by atomic mass is 9.88. The van der Waals surface area contributed by atoms with Crippen molar-refractivity contribution in [3.05, 3.63) is 57.7 Å². The molecule has 1 fully saturated rings. The summed E-state index contributed by atoms with van der Waals surface area (Å²) in [6.45, 7) is 2.90. The standard InChI is InChI=1S/C24H27N5O2S2/c1-14-7-10-17-18(11-14)33-23(20(17)21(25)31)26-19(30)13-32-24-28-27-22(16-8-9-16)29(24)12-15-5-3-2-4-6-15/h2-6,14,16H,7-13H2,1H3,(H2,25,31)(H,26,30). The first-order valence-corrected chi connectivity index (χ1v) is 13.1. The van der Waals surface area contributed by atoms with Crippen LogP contribution < -0.4 is 11.1 Å². The van der Waals surface area contributed by atoms with E-state index >= 15 is 0 Å². The normalized spacial score (nSPS) is 17.5. The molecule has 0 aliphatic heterocycles. The Bertz CT molecular complexity index is 1180. The number of benzene rings is 1. The lowest BCUT2D eigenvalue weighted by molar-refractivity contribution is -0.113. The SMILES string of the molecule is CC1CCc2c(sc(NC(=O)CSc3nnc(C4CC4)n3Cc3ccccc3)c2C(N)=O)C1. The molecule has 2 aromatic heterocycles. The van der Waals surface area contributed by atoms with Crippen LogP contribution in [0, 0.1) is 5.92 Å². The number of thiophene rings is 1. The van der Waals surface area contributed by atoms with Crippen LogP contribution in [0.15, 0.2) is 35.5 Å². The van der Waals surface area contributed by atoms with Gasteiger partial charge in [0.1, 0.15) is 10.8 Å². The van der Waals surface area contributed by atoms with Gasteiger partial charge in [0.15, 0.2) is 5.16 Å². The average Bonchev–Trinajstić information content (AvgIpc) is 3.46. The van der Waals surface area contributed by atoms with Crippen LogP contribution in [0.3, 0.4) is 0 Å². The highest BCUT2D eigenvalue weighted by atomic mass is 32.2. The van der Waals surface area contributed by atoms with Gasteiger partial charge in [0.25, 0.3) is 5.91 Å². The van der Waals surface area contributed by atoms with Crippen LogP contribution in [0.25, 0.3) is 0 Å². The molecule has 0 bridgehead atoms. The van der Waals surface area contributed by atoms with E-state index in [2.05, 4.69) is 39.1 Å². The van der Waals surface area contributed by atoms with Crippen molar-refractivity contribution in [2.45, 2.75) is 56.6 Å². The minimum absolute atomic E-state index is 0.170. The van der Waals surface area contributed by atoms with Crippen molar-refractivity contribution in [2.24, 2.45) is 11.7 Å². The lowest BCUT2D eigenvalue weighted by Crippen LogP contribution is -2.20. The predicted octanol–water partition coefficient (Wildman–Crippen LogP) is 4.22. The molecule has 0 radical (unpaired) electrons. The van der Waals surface area contributed by atoms with Crippen LogP contribution in [0.4, 0.5) is 5.00 Å². The van der Waals surface area contributed by atoms with E-state index in [9.17, 15) is 9.59 Å². The number of hydrogen-bond donors (Lipinski definition) is 2. The van der Waals surface area contributed by atoms with Gasteiger partial charge in [-0.05, 0) is 49.1 Å². The van der Waals surface area contributed by atoms with Gasteiger partial charge < -0.3 is 15.6 Å². The smallest absolute Gasteiger partial charge is 0.251 e. The molecule has 2 amide bonds. The summed E-state index contributed by atoms with van der Waals surface area (Å²) >= 11 is 2.86. The molecule has 9 heteroatoms. The molecule has 5 rings (SSSR count). The third-order valence-corrected chi connectivity index (χ3v) is 8.35. The molecule has 2 aliphatic rings. The van der Waals surface area contributed by atoms with E-state index in [1.165, 1.54) is 33.5 Å². The van der Waals surface area contributed by atoms with Crippen molar-refractivity contribution in [1.29, 1.82) is 0 Å². The number of nitrogens with zero attached hydrogens (tertiary/aromatic N) is 3. The highest BCUT2D eigenvalue weighted by Crippen LogP contribution is 2.41. The molecule has 2 heterocycles. The third kappa shape index (κ3) is 4.84. The fraction of sp³-hybridized carbons (Fsp3) is 0.417. The molecule has 0 spiro atoms. The number of hydrogen-bond acceptors (Lipinski definition) is 6. The van der Waals surface area contributed by atoms with Gasteiger partial charge in [-0.1, -0.05) is 49.0 Å². The third-order valence-electron chi connectivity index (χ3n) is 6.21. The Balaban J connectivity index is 1.30. The lowest BCUT2D eigenvalue weighted by Gasteiger charge is -2.18. The summed E-state index contributed by atoms with van der Waals surface area (Å²) in [5.41, 5.74) is 8.36. The van der Waals surface area contributed by atoms with Crippen molar-refractivity contribution in [3.63, 3.8) is 0 Å². The predicted molar refractivity (Wildman–Crippen MR) is 131 cm³/mol. The van der Waals surface area contributed by atoms with Crippen LogP contribution in [0.1, 0.15) is 64.3 Å². The molecule has 1 aromatic carbocycles. The Morgan fingerprint density at radius 1 is 1.21 bits per heavy atom. The molecule has 2 aliphatic carbocycles. The molecule has 3 N–H and O–H groups in total. The number of thioether (sulfide) groups is 1. The largest absolute Gasteiger partial charge is 0.365 e. The van der Waals surface area contributed by atoms with E-state index in [1.54, 1.807) is 0 Å². The van der Waals surface area contributed by atoms with E-state index in [-0.39, 0.29) is 11.7 Å². The van der Waals surface area contributed by atoms with Crippen molar-refractivity contribution in [1.82, 2.24) is 14.8 Å². The van der Waals surface area contributed by atoms with Gasteiger partial charge in [-0.2, -0.15) is 0 Å². The zero-order valence-electron chi connectivity index (χ0n) is 18.5. The number of rotatable bonds is 8. The first kappa shape index (κ1) is 22.2. The average molecular weight is 482 g/mol. The molecule has 172 valence electrons. The first-order valence-electron chi connectivity index (χ1n) is 11.3. The van der Waals surface area contributed by atoms with Gasteiger partial charge in [0, 0.05) is 10.8 Å². The summed E-state index contributed by atoms with van der Waals surface area (Å²) in [5, 5.41) is 13.1. The summed E-state index contributed by atoms with van der Waals surface area (Å²) < 4.78 is 2.13. The molecule has 3 aromatic rings. The Labute approximate surface area is 201 Å². The topological polar surface area (TPSA) is 103 Å². The summed E-state index contributed by atoms with van der Waals surface area (Å²) in [6, 6.07) is 10.2. The zero-order chi connectivity index (χ0) is 22.9. The second kappa shape index (κ2) is 9.30. The maximum Gasteiger partial charge on any atom is 0.251 e. The minimum Gasteiger partial charge on any atom is -0.365 e. The Morgan fingerprint density at radius 2 is 2.00 bits per heavy atom.